The highest BCUT2D eigenvalue weighted by atomic mass is 16.5. The monoisotopic (exact) mass is 282 g/mol. The first-order chi connectivity index (χ1) is 9.56. The summed E-state index contributed by atoms with van der Waals surface area (Å²) in [5.74, 6) is 1.36. The number of rotatable bonds is 6. The molecule has 2 rings (SSSR count). The molecule has 1 aromatic rings. The summed E-state index contributed by atoms with van der Waals surface area (Å²) < 4.78 is 11.0. The second-order valence-electron chi connectivity index (χ2n) is 5.86. The van der Waals surface area contributed by atoms with Crippen LogP contribution in [0.25, 0.3) is 0 Å². The molecule has 1 aliphatic heterocycles. The van der Waals surface area contributed by atoms with Crippen molar-refractivity contribution < 1.29 is 9.26 Å². The molecule has 0 spiro atoms. The molecule has 1 aliphatic rings. The number of nitrogens with two attached hydrogens (primary N) is 1. The quantitative estimate of drug-likeness (QED) is 0.852. The average molecular weight is 282 g/mol. The molecule has 1 saturated heterocycles. The van der Waals surface area contributed by atoms with Gasteiger partial charge in [0.2, 0.25) is 11.7 Å². The Kier molecular flexibility index (Phi) is 5.51. The third-order valence-electron chi connectivity index (χ3n) is 3.65. The first-order valence-electron chi connectivity index (χ1n) is 7.50. The summed E-state index contributed by atoms with van der Waals surface area (Å²) >= 11 is 0. The Morgan fingerprint density at radius 1 is 1.40 bits per heavy atom. The van der Waals surface area contributed by atoms with E-state index in [1.54, 1.807) is 0 Å². The number of aryl methyl sites for hydroxylation is 1. The van der Waals surface area contributed by atoms with Crippen molar-refractivity contribution in [3.8, 4) is 0 Å². The maximum Gasteiger partial charge on any atom is 0.226 e. The van der Waals surface area contributed by atoms with E-state index < -0.39 is 0 Å². The van der Waals surface area contributed by atoms with Gasteiger partial charge in [0, 0.05) is 31.6 Å². The largest absolute Gasteiger partial charge is 0.367 e. The number of aromatic nitrogens is 2. The molecule has 1 fully saturated rings. The first kappa shape index (κ1) is 15.4. The first-order valence-corrected chi connectivity index (χ1v) is 7.50. The molecule has 6 nitrogen and oxygen atoms in total. The van der Waals surface area contributed by atoms with Crippen LogP contribution in [0.1, 0.15) is 51.4 Å². The smallest absolute Gasteiger partial charge is 0.226 e. The van der Waals surface area contributed by atoms with Gasteiger partial charge in [0.25, 0.3) is 0 Å². The van der Waals surface area contributed by atoms with Crippen molar-refractivity contribution in [2.75, 3.05) is 19.7 Å². The molecule has 20 heavy (non-hydrogen) atoms. The van der Waals surface area contributed by atoms with Crippen molar-refractivity contribution in [3.05, 3.63) is 11.7 Å². The normalized spacial score (nSPS) is 22.4. The summed E-state index contributed by atoms with van der Waals surface area (Å²) in [6.45, 7) is 8.91. The van der Waals surface area contributed by atoms with Crippen molar-refractivity contribution in [2.24, 2.45) is 5.73 Å². The summed E-state index contributed by atoms with van der Waals surface area (Å²) in [5.41, 5.74) is 5.73. The SMILES string of the molecule is CC(N)CCCc1nc(C2CN(C(C)C)CCO2)no1. The maximum absolute atomic E-state index is 5.75. The van der Waals surface area contributed by atoms with Gasteiger partial charge in [-0.1, -0.05) is 5.16 Å². The van der Waals surface area contributed by atoms with Crippen LogP contribution in [0.15, 0.2) is 4.52 Å². The van der Waals surface area contributed by atoms with E-state index in [0.717, 1.165) is 39.0 Å². The fourth-order valence-electron chi connectivity index (χ4n) is 2.37. The van der Waals surface area contributed by atoms with Gasteiger partial charge in [-0.05, 0) is 33.6 Å². The van der Waals surface area contributed by atoms with Gasteiger partial charge in [-0.2, -0.15) is 4.98 Å². The summed E-state index contributed by atoms with van der Waals surface area (Å²) in [7, 11) is 0. The molecule has 114 valence electrons. The zero-order chi connectivity index (χ0) is 14.5. The van der Waals surface area contributed by atoms with E-state index >= 15 is 0 Å². The lowest BCUT2D eigenvalue weighted by Crippen LogP contribution is -2.42. The van der Waals surface area contributed by atoms with Crippen LogP contribution in [0, 0.1) is 0 Å². The van der Waals surface area contributed by atoms with Crippen LogP contribution in [0.5, 0.6) is 0 Å². The average Bonchev–Trinajstić information content (AvgIpc) is 2.87. The Labute approximate surface area is 120 Å². The number of ether oxygens (including phenoxy) is 1. The molecule has 0 bridgehead atoms. The Morgan fingerprint density at radius 3 is 2.90 bits per heavy atom. The lowest BCUT2D eigenvalue weighted by atomic mass is 10.1. The predicted molar refractivity (Wildman–Crippen MR) is 76.3 cm³/mol. The predicted octanol–water partition coefficient (Wildman–Crippen LogP) is 1.52. The summed E-state index contributed by atoms with van der Waals surface area (Å²) in [6, 6.07) is 0.734. The van der Waals surface area contributed by atoms with Crippen LogP contribution in [-0.2, 0) is 11.2 Å². The number of hydrogen-bond donors (Lipinski definition) is 1. The second-order valence-corrected chi connectivity index (χ2v) is 5.86. The standard InChI is InChI=1S/C14H26N4O2/c1-10(2)18-7-8-19-12(9-18)14-16-13(20-17-14)6-4-5-11(3)15/h10-12H,4-9,15H2,1-3H3. The van der Waals surface area contributed by atoms with E-state index in [0.29, 0.717) is 17.8 Å². The molecule has 0 amide bonds. The van der Waals surface area contributed by atoms with Crippen LogP contribution in [0.4, 0.5) is 0 Å². The van der Waals surface area contributed by atoms with Crippen molar-refractivity contribution in [2.45, 2.75) is 58.2 Å². The lowest BCUT2D eigenvalue weighted by molar-refractivity contribution is -0.0450. The van der Waals surface area contributed by atoms with Crippen molar-refractivity contribution in [3.63, 3.8) is 0 Å². The van der Waals surface area contributed by atoms with Gasteiger partial charge < -0.3 is 15.0 Å². The Morgan fingerprint density at radius 2 is 2.20 bits per heavy atom. The highest BCUT2D eigenvalue weighted by Crippen LogP contribution is 2.21. The van der Waals surface area contributed by atoms with Gasteiger partial charge in [0.05, 0.1) is 6.61 Å². The zero-order valence-electron chi connectivity index (χ0n) is 12.7. The summed E-state index contributed by atoms with van der Waals surface area (Å²) in [5, 5.41) is 4.06. The molecular formula is C14H26N4O2. The Balaban J connectivity index is 1.88. The van der Waals surface area contributed by atoms with Crippen LogP contribution in [-0.4, -0.2) is 46.8 Å². The van der Waals surface area contributed by atoms with Gasteiger partial charge in [0.1, 0.15) is 6.10 Å². The number of nitrogens with zero attached hydrogens (tertiary/aromatic N) is 3. The molecule has 0 aliphatic carbocycles. The van der Waals surface area contributed by atoms with E-state index in [9.17, 15) is 0 Å². The third kappa shape index (κ3) is 4.26. The van der Waals surface area contributed by atoms with Crippen molar-refractivity contribution >= 4 is 0 Å². The molecule has 0 radical (unpaired) electrons. The van der Waals surface area contributed by atoms with Crippen LogP contribution in [0.2, 0.25) is 0 Å². The number of morpholine rings is 1. The molecule has 0 saturated carbocycles. The minimum absolute atomic E-state index is 0.0721. The molecule has 1 aromatic heterocycles. The van der Waals surface area contributed by atoms with Crippen LogP contribution < -0.4 is 5.73 Å². The summed E-state index contributed by atoms with van der Waals surface area (Å²) in [4.78, 5) is 6.83. The molecule has 0 aromatic carbocycles. The third-order valence-corrected chi connectivity index (χ3v) is 3.65. The molecule has 2 atom stereocenters. The minimum Gasteiger partial charge on any atom is -0.367 e. The van der Waals surface area contributed by atoms with E-state index in [4.69, 9.17) is 15.0 Å². The lowest BCUT2D eigenvalue weighted by Gasteiger charge is -2.34. The highest BCUT2D eigenvalue weighted by Gasteiger charge is 2.27. The topological polar surface area (TPSA) is 77.4 Å². The fourth-order valence-corrected chi connectivity index (χ4v) is 2.37. The van der Waals surface area contributed by atoms with Gasteiger partial charge in [0.15, 0.2) is 0 Å². The van der Waals surface area contributed by atoms with E-state index in [1.165, 1.54) is 0 Å². The maximum atomic E-state index is 5.75. The van der Waals surface area contributed by atoms with E-state index in [-0.39, 0.29) is 12.1 Å². The van der Waals surface area contributed by atoms with Gasteiger partial charge in [-0.15, -0.1) is 0 Å². The van der Waals surface area contributed by atoms with Crippen molar-refractivity contribution in [1.82, 2.24) is 15.0 Å². The highest BCUT2D eigenvalue weighted by molar-refractivity contribution is 4.94. The Bertz CT molecular complexity index is 406. The van der Waals surface area contributed by atoms with E-state index in [1.807, 2.05) is 6.92 Å². The zero-order valence-corrected chi connectivity index (χ0v) is 12.7. The minimum atomic E-state index is -0.0721. The van der Waals surface area contributed by atoms with Gasteiger partial charge in [-0.25, -0.2) is 0 Å². The second kappa shape index (κ2) is 7.15. The molecule has 2 heterocycles. The van der Waals surface area contributed by atoms with Gasteiger partial charge >= 0.3 is 0 Å². The van der Waals surface area contributed by atoms with E-state index in [2.05, 4.69) is 28.9 Å². The molecule has 2 N–H and O–H groups in total. The molecule has 2 unspecified atom stereocenters. The fraction of sp³-hybridized carbons (Fsp3) is 0.857. The summed E-state index contributed by atoms with van der Waals surface area (Å²) in [6.07, 6.45) is 2.66. The van der Waals surface area contributed by atoms with Crippen molar-refractivity contribution in [1.29, 1.82) is 0 Å². The molecular weight excluding hydrogens is 256 g/mol. The van der Waals surface area contributed by atoms with Crippen LogP contribution in [0.3, 0.4) is 0 Å². The molecule has 6 heteroatoms. The van der Waals surface area contributed by atoms with Crippen LogP contribution >= 0.6 is 0 Å². The Hall–Kier alpha value is -0.980. The van der Waals surface area contributed by atoms with Gasteiger partial charge in [-0.3, -0.25) is 4.90 Å². The number of hydrogen-bond acceptors (Lipinski definition) is 6.